The summed E-state index contributed by atoms with van der Waals surface area (Å²) in [6.07, 6.45) is -1.33. The number of anilines is 1. The molecule has 0 unspecified atom stereocenters. The Morgan fingerprint density at radius 1 is 1.32 bits per heavy atom. The van der Waals surface area contributed by atoms with Gasteiger partial charge in [-0.2, -0.15) is 0 Å². The highest BCUT2D eigenvalue weighted by Crippen LogP contribution is 2.42. The molecule has 1 aliphatic heterocycles. The number of carbonyl (C=O) groups excluding carboxylic acids is 1. The van der Waals surface area contributed by atoms with Crippen molar-refractivity contribution in [3.05, 3.63) is 48.5 Å². The highest BCUT2D eigenvalue weighted by Gasteiger charge is 2.55. The number of fused-ring (bicyclic) bond motifs is 1. The number of nitrogens with zero attached hydrogens (tertiary/aromatic N) is 4. The molecule has 0 bridgehead atoms. The van der Waals surface area contributed by atoms with Gasteiger partial charge in [-0.25, -0.2) is 19.3 Å². The van der Waals surface area contributed by atoms with Crippen LogP contribution < -0.4 is 5.32 Å². The fourth-order valence-corrected chi connectivity index (χ4v) is 3.25. The van der Waals surface area contributed by atoms with Crippen LogP contribution in [0, 0.1) is 0 Å². The van der Waals surface area contributed by atoms with Gasteiger partial charge in [-0.05, 0) is 19.1 Å². The molecule has 0 radical (unpaired) electrons. The second-order valence-electron chi connectivity index (χ2n) is 6.67. The predicted octanol–water partition coefficient (Wildman–Crippen LogP) is 1.06. The Kier molecular flexibility index (Phi) is 4.53. The molecule has 1 amide bonds. The number of rotatable bonds is 4. The first kappa shape index (κ1) is 18.4. The molecule has 4 atom stereocenters. The number of aliphatic hydroxyl groups is 2. The summed E-state index contributed by atoms with van der Waals surface area (Å²) in [5.74, 6) is -0.214. The molecule has 1 aliphatic rings. The van der Waals surface area contributed by atoms with Gasteiger partial charge in [0.25, 0.3) is 5.91 Å². The number of halogens is 1. The van der Waals surface area contributed by atoms with E-state index in [2.05, 4.69) is 20.3 Å². The summed E-state index contributed by atoms with van der Waals surface area (Å²) < 4.78 is 21.9. The quantitative estimate of drug-likeness (QED) is 0.612. The average Bonchev–Trinajstić information content (AvgIpc) is 3.22. The molecular formula is C18H18FN5O4. The zero-order chi connectivity index (χ0) is 19.9. The van der Waals surface area contributed by atoms with Crippen molar-refractivity contribution in [1.82, 2.24) is 19.5 Å². The summed E-state index contributed by atoms with van der Waals surface area (Å²) in [5, 5.41) is 22.0. The summed E-state index contributed by atoms with van der Waals surface area (Å²) in [7, 11) is 0. The molecule has 1 aromatic carbocycles. The largest absolute Gasteiger partial charge is 0.394 e. The Morgan fingerprint density at radius 3 is 2.75 bits per heavy atom. The molecular weight excluding hydrogens is 369 g/mol. The van der Waals surface area contributed by atoms with Crippen LogP contribution in [0.1, 0.15) is 23.5 Å². The van der Waals surface area contributed by atoms with Crippen LogP contribution >= 0.6 is 0 Å². The van der Waals surface area contributed by atoms with Crippen molar-refractivity contribution in [2.75, 3.05) is 11.9 Å². The Bertz CT molecular complexity index is 1010. The second kappa shape index (κ2) is 6.89. The van der Waals surface area contributed by atoms with Crippen molar-refractivity contribution in [2.24, 2.45) is 0 Å². The van der Waals surface area contributed by atoms with Gasteiger partial charge in [0.1, 0.15) is 18.5 Å². The number of hydrogen-bond donors (Lipinski definition) is 3. The first-order valence-corrected chi connectivity index (χ1v) is 8.60. The number of ether oxygens (including phenoxy) is 1. The van der Waals surface area contributed by atoms with Gasteiger partial charge in [0.15, 0.2) is 28.9 Å². The highest BCUT2D eigenvalue weighted by atomic mass is 19.1. The average molecular weight is 387 g/mol. The molecule has 2 aromatic heterocycles. The van der Waals surface area contributed by atoms with Crippen molar-refractivity contribution in [1.29, 1.82) is 0 Å². The van der Waals surface area contributed by atoms with E-state index in [9.17, 15) is 15.0 Å². The number of aliphatic hydroxyl groups excluding tert-OH is 2. The topological polar surface area (TPSA) is 122 Å². The van der Waals surface area contributed by atoms with Crippen molar-refractivity contribution in [2.45, 2.75) is 31.0 Å². The van der Waals surface area contributed by atoms with Crippen LogP contribution in [-0.2, 0) is 4.74 Å². The highest BCUT2D eigenvalue weighted by molar-refractivity contribution is 6.06. The second-order valence-corrected chi connectivity index (χ2v) is 6.67. The van der Waals surface area contributed by atoms with Gasteiger partial charge >= 0.3 is 0 Å². The molecule has 0 saturated carbocycles. The van der Waals surface area contributed by atoms with Crippen LogP contribution in [0.2, 0.25) is 0 Å². The molecule has 3 aromatic rings. The Labute approximate surface area is 158 Å². The molecule has 28 heavy (non-hydrogen) atoms. The van der Waals surface area contributed by atoms with Crippen LogP contribution in [0.5, 0.6) is 0 Å². The number of amides is 1. The third kappa shape index (κ3) is 2.91. The monoisotopic (exact) mass is 387 g/mol. The number of carbonyl (C=O) groups is 1. The third-order valence-electron chi connectivity index (χ3n) is 4.78. The van der Waals surface area contributed by atoms with E-state index in [-0.39, 0.29) is 22.9 Å². The van der Waals surface area contributed by atoms with E-state index >= 15 is 4.39 Å². The van der Waals surface area contributed by atoms with E-state index in [1.165, 1.54) is 24.1 Å². The molecule has 10 heteroatoms. The SMILES string of the molecule is C[C@@]1(F)[C@H](O)[C@@H](CO)O[C@H]1n1cnc2c(NC(=O)c3ccccc3)ncnc21. The van der Waals surface area contributed by atoms with Gasteiger partial charge < -0.3 is 20.3 Å². The maximum Gasteiger partial charge on any atom is 0.256 e. The van der Waals surface area contributed by atoms with Gasteiger partial charge in [0, 0.05) is 5.56 Å². The first-order valence-electron chi connectivity index (χ1n) is 8.60. The minimum Gasteiger partial charge on any atom is -0.394 e. The molecule has 3 N–H and O–H groups in total. The van der Waals surface area contributed by atoms with E-state index in [4.69, 9.17) is 4.74 Å². The molecule has 146 valence electrons. The van der Waals surface area contributed by atoms with E-state index in [0.29, 0.717) is 5.56 Å². The van der Waals surface area contributed by atoms with Crippen molar-refractivity contribution < 1.29 is 24.1 Å². The molecule has 4 rings (SSSR count). The number of aromatic nitrogens is 4. The molecule has 0 spiro atoms. The number of hydrogen-bond acceptors (Lipinski definition) is 7. The molecule has 3 heterocycles. The molecule has 0 aliphatic carbocycles. The van der Waals surface area contributed by atoms with Crippen LogP contribution in [0.15, 0.2) is 43.0 Å². The van der Waals surface area contributed by atoms with E-state index in [0.717, 1.165) is 0 Å². The zero-order valence-corrected chi connectivity index (χ0v) is 14.9. The summed E-state index contributed by atoms with van der Waals surface area (Å²) in [4.78, 5) is 24.7. The number of alkyl halides is 1. The fourth-order valence-electron chi connectivity index (χ4n) is 3.25. The van der Waals surface area contributed by atoms with Crippen molar-refractivity contribution >= 4 is 22.9 Å². The fraction of sp³-hybridized carbons (Fsp3) is 0.333. The minimum absolute atomic E-state index is 0.162. The van der Waals surface area contributed by atoms with Gasteiger partial charge in [-0.15, -0.1) is 0 Å². The van der Waals surface area contributed by atoms with Crippen LogP contribution in [-0.4, -0.2) is 60.1 Å². The lowest BCUT2D eigenvalue weighted by molar-refractivity contribution is -0.0566. The van der Waals surface area contributed by atoms with Gasteiger partial charge in [0.2, 0.25) is 0 Å². The van der Waals surface area contributed by atoms with Crippen molar-refractivity contribution in [3.8, 4) is 0 Å². The van der Waals surface area contributed by atoms with E-state index < -0.39 is 30.7 Å². The van der Waals surface area contributed by atoms with Gasteiger partial charge in [-0.3, -0.25) is 9.36 Å². The Morgan fingerprint density at radius 2 is 2.07 bits per heavy atom. The Balaban J connectivity index is 1.69. The number of imidazole rings is 1. The lowest BCUT2D eigenvalue weighted by Gasteiger charge is -2.24. The maximum absolute atomic E-state index is 15.1. The smallest absolute Gasteiger partial charge is 0.256 e. The summed E-state index contributed by atoms with van der Waals surface area (Å²) >= 11 is 0. The normalized spacial score (nSPS) is 27.2. The Hall–Kier alpha value is -2.95. The first-order chi connectivity index (χ1) is 13.4. The van der Waals surface area contributed by atoms with Crippen LogP contribution in [0.25, 0.3) is 11.2 Å². The zero-order valence-electron chi connectivity index (χ0n) is 14.9. The maximum atomic E-state index is 15.1. The summed E-state index contributed by atoms with van der Waals surface area (Å²) in [6.45, 7) is 0.653. The predicted molar refractivity (Wildman–Crippen MR) is 96.2 cm³/mol. The standard InChI is InChI=1S/C18H18FN5O4/c1-18(19)13(26)11(7-25)28-17(18)24-9-22-12-14(20-8-21-15(12)24)23-16(27)10-5-3-2-4-6-10/h2-6,8-9,11,13,17,25-26H,7H2,1H3,(H,20,21,23,27)/t11-,13-,17-,18-/m1/s1. The van der Waals surface area contributed by atoms with Crippen LogP contribution in [0.3, 0.4) is 0 Å². The lowest BCUT2D eigenvalue weighted by Crippen LogP contribution is -2.40. The third-order valence-corrected chi connectivity index (χ3v) is 4.78. The van der Waals surface area contributed by atoms with E-state index in [1.54, 1.807) is 30.3 Å². The van der Waals surface area contributed by atoms with Crippen molar-refractivity contribution in [3.63, 3.8) is 0 Å². The minimum atomic E-state index is -2.18. The summed E-state index contributed by atoms with van der Waals surface area (Å²) in [6, 6.07) is 8.58. The number of benzene rings is 1. The number of nitrogens with one attached hydrogen (secondary N) is 1. The van der Waals surface area contributed by atoms with Gasteiger partial charge in [-0.1, -0.05) is 18.2 Å². The summed E-state index contributed by atoms with van der Waals surface area (Å²) in [5.41, 5.74) is -1.27. The lowest BCUT2D eigenvalue weighted by atomic mass is 9.98. The molecule has 1 fully saturated rings. The van der Waals surface area contributed by atoms with Crippen LogP contribution in [0.4, 0.5) is 10.2 Å². The van der Waals surface area contributed by atoms with E-state index in [1.807, 2.05) is 0 Å². The molecule has 9 nitrogen and oxygen atoms in total. The van der Waals surface area contributed by atoms with Gasteiger partial charge in [0.05, 0.1) is 12.9 Å². The molecule has 1 saturated heterocycles.